The highest BCUT2D eigenvalue weighted by atomic mass is 19.1. The molecule has 0 bridgehead atoms. The average molecular weight is 147 g/mol. The van der Waals surface area contributed by atoms with E-state index in [0.29, 0.717) is 25.3 Å². The van der Waals surface area contributed by atoms with Crippen LogP contribution in [-0.2, 0) is 0 Å². The Morgan fingerprint density at radius 2 is 2.10 bits per heavy atom. The van der Waals surface area contributed by atoms with Crippen LogP contribution < -0.4 is 5.73 Å². The fraction of sp³-hybridized carbons (Fsp3) is 1.00. The molecule has 0 aromatic carbocycles. The quantitative estimate of drug-likeness (QED) is 0.633. The molecule has 1 nitrogen and oxygen atoms in total. The summed E-state index contributed by atoms with van der Waals surface area (Å²) in [5, 5.41) is 0. The molecule has 0 fully saturated rings. The first-order chi connectivity index (χ1) is 4.70. The Hall–Kier alpha value is -0.110. The van der Waals surface area contributed by atoms with Gasteiger partial charge >= 0.3 is 0 Å². The Morgan fingerprint density at radius 1 is 1.50 bits per heavy atom. The van der Waals surface area contributed by atoms with E-state index < -0.39 is 6.17 Å². The van der Waals surface area contributed by atoms with Gasteiger partial charge in [-0.15, -0.1) is 0 Å². The van der Waals surface area contributed by atoms with Crippen molar-refractivity contribution in [3.05, 3.63) is 0 Å². The summed E-state index contributed by atoms with van der Waals surface area (Å²) in [5.41, 5.74) is 5.21. The molecule has 2 heteroatoms. The van der Waals surface area contributed by atoms with Crippen LogP contribution in [0.4, 0.5) is 4.39 Å². The van der Waals surface area contributed by atoms with Crippen molar-refractivity contribution in [2.24, 2.45) is 11.7 Å². The van der Waals surface area contributed by atoms with Crippen molar-refractivity contribution in [2.45, 2.75) is 39.3 Å². The number of halogens is 1. The maximum absolute atomic E-state index is 12.8. The number of alkyl halides is 1. The van der Waals surface area contributed by atoms with E-state index in [2.05, 4.69) is 13.8 Å². The summed E-state index contributed by atoms with van der Waals surface area (Å²) in [6, 6.07) is 0. The second kappa shape index (κ2) is 5.66. The predicted molar refractivity (Wildman–Crippen MR) is 42.6 cm³/mol. The molecular formula is C8H18FN. The van der Waals surface area contributed by atoms with E-state index in [1.165, 1.54) is 0 Å². The molecule has 2 atom stereocenters. The molecule has 0 rings (SSSR count). The van der Waals surface area contributed by atoms with Gasteiger partial charge in [-0.3, -0.25) is 0 Å². The molecule has 0 amide bonds. The summed E-state index contributed by atoms with van der Waals surface area (Å²) >= 11 is 0. The van der Waals surface area contributed by atoms with Gasteiger partial charge in [0.1, 0.15) is 6.17 Å². The Balaban J connectivity index is 3.27. The molecule has 0 heterocycles. The molecule has 10 heavy (non-hydrogen) atoms. The van der Waals surface area contributed by atoms with Crippen LogP contribution in [0.25, 0.3) is 0 Å². The van der Waals surface area contributed by atoms with Crippen LogP contribution in [0, 0.1) is 5.92 Å². The van der Waals surface area contributed by atoms with Crippen LogP contribution >= 0.6 is 0 Å². The van der Waals surface area contributed by atoms with E-state index in [9.17, 15) is 4.39 Å². The van der Waals surface area contributed by atoms with Crippen molar-refractivity contribution in [2.75, 3.05) is 6.54 Å². The van der Waals surface area contributed by atoms with Gasteiger partial charge < -0.3 is 5.73 Å². The van der Waals surface area contributed by atoms with Crippen LogP contribution in [0.3, 0.4) is 0 Å². The van der Waals surface area contributed by atoms with Gasteiger partial charge in [0.25, 0.3) is 0 Å². The molecule has 62 valence electrons. The Kier molecular flexibility index (Phi) is 5.60. The first-order valence-electron chi connectivity index (χ1n) is 4.04. The second-order valence-corrected chi connectivity index (χ2v) is 2.92. The summed E-state index contributed by atoms with van der Waals surface area (Å²) in [7, 11) is 0. The van der Waals surface area contributed by atoms with Gasteiger partial charge in [0.15, 0.2) is 0 Å². The van der Waals surface area contributed by atoms with Gasteiger partial charge in [-0.05, 0) is 25.3 Å². The number of nitrogens with two attached hydrogens (primary N) is 1. The SMILES string of the molecule is CCC(C)CC(F)CCN. The molecule has 0 aromatic rings. The number of rotatable bonds is 5. The summed E-state index contributed by atoms with van der Waals surface area (Å²) in [5.74, 6) is 0.501. The lowest BCUT2D eigenvalue weighted by molar-refractivity contribution is 0.261. The van der Waals surface area contributed by atoms with E-state index in [1.54, 1.807) is 0 Å². The third kappa shape index (κ3) is 4.74. The largest absolute Gasteiger partial charge is 0.330 e. The minimum Gasteiger partial charge on any atom is -0.330 e. The molecule has 0 spiro atoms. The normalized spacial score (nSPS) is 16.8. The number of hydrogen-bond acceptors (Lipinski definition) is 1. The third-order valence-corrected chi connectivity index (χ3v) is 1.83. The van der Waals surface area contributed by atoms with Crippen molar-refractivity contribution in [3.63, 3.8) is 0 Å². The van der Waals surface area contributed by atoms with Crippen LogP contribution in [0.1, 0.15) is 33.1 Å². The maximum Gasteiger partial charge on any atom is 0.102 e. The van der Waals surface area contributed by atoms with Crippen molar-refractivity contribution < 1.29 is 4.39 Å². The molecule has 0 aromatic heterocycles. The molecule has 0 aliphatic heterocycles. The highest BCUT2D eigenvalue weighted by molar-refractivity contribution is 4.60. The number of hydrogen-bond donors (Lipinski definition) is 1. The second-order valence-electron chi connectivity index (χ2n) is 2.92. The summed E-state index contributed by atoms with van der Waals surface area (Å²) in [6.45, 7) is 4.63. The monoisotopic (exact) mass is 147 g/mol. The van der Waals surface area contributed by atoms with E-state index in [0.717, 1.165) is 6.42 Å². The first-order valence-corrected chi connectivity index (χ1v) is 4.04. The predicted octanol–water partition coefficient (Wildman–Crippen LogP) is 2.11. The lowest BCUT2D eigenvalue weighted by Gasteiger charge is -2.11. The zero-order valence-electron chi connectivity index (χ0n) is 6.94. The van der Waals surface area contributed by atoms with Crippen LogP contribution in [0.15, 0.2) is 0 Å². The van der Waals surface area contributed by atoms with Gasteiger partial charge in [0.05, 0.1) is 0 Å². The Labute approximate surface area is 62.8 Å². The van der Waals surface area contributed by atoms with Crippen LogP contribution in [-0.4, -0.2) is 12.7 Å². The van der Waals surface area contributed by atoms with Gasteiger partial charge in [-0.2, -0.15) is 0 Å². The van der Waals surface area contributed by atoms with Crippen molar-refractivity contribution >= 4 is 0 Å². The minimum absolute atomic E-state index is 0.470. The lowest BCUT2D eigenvalue weighted by atomic mass is 10.0. The van der Waals surface area contributed by atoms with E-state index in [1.807, 2.05) is 0 Å². The van der Waals surface area contributed by atoms with Crippen molar-refractivity contribution in [1.82, 2.24) is 0 Å². The van der Waals surface area contributed by atoms with Gasteiger partial charge in [0, 0.05) is 0 Å². The molecular weight excluding hydrogens is 129 g/mol. The Morgan fingerprint density at radius 3 is 2.50 bits per heavy atom. The minimum atomic E-state index is -0.681. The zero-order chi connectivity index (χ0) is 7.98. The maximum atomic E-state index is 12.8. The summed E-state index contributed by atoms with van der Waals surface area (Å²) in [4.78, 5) is 0. The lowest BCUT2D eigenvalue weighted by Crippen LogP contribution is -2.12. The van der Waals surface area contributed by atoms with Crippen molar-refractivity contribution in [1.29, 1.82) is 0 Å². The van der Waals surface area contributed by atoms with E-state index in [4.69, 9.17) is 5.73 Å². The van der Waals surface area contributed by atoms with Crippen molar-refractivity contribution in [3.8, 4) is 0 Å². The smallest absolute Gasteiger partial charge is 0.102 e. The highest BCUT2D eigenvalue weighted by Crippen LogP contribution is 2.13. The molecule has 2 N–H and O–H groups in total. The molecule has 2 unspecified atom stereocenters. The zero-order valence-corrected chi connectivity index (χ0v) is 6.94. The Bertz CT molecular complexity index is 75.7. The summed E-state index contributed by atoms with van der Waals surface area (Å²) in [6.07, 6.45) is 1.57. The topological polar surface area (TPSA) is 26.0 Å². The fourth-order valence-corrected chi connectivity index (χ4v) is 0.902. The van der Waals surface area contributed by atoms with Gasteiger partial charge in [-0.1, -0.05) is 20.3 Å². The standard InChI is InChI=1S/C8H18FN/c1-3-7(2)6-8(9)4-5-10/h7-8H,3-6,10H2,1-2H3. The first kappa shape index (κ1) is 9.89. The van der Waals surface area contributed by atoms with Gasteiger partial charge in [-0.25, -0.2) is 4.39 Å². The average Bonchev–Trinajstić information content (AvgIpc) is 1.88. The van der Waals surface area contributed by atoms with Gasteiger partial charge in [0.2, 0.25) is 0 Å². The van der Waals surface area contributed by atoms with Crippen LogP contribution in [0.2, 0.25) is 0 Å². The highest BCUT2D eigenvalue weighted by Gasteiger charge is 2.08. The molecule has 0 saturated heterocycles. The van der Waals surface area contributed by atoms with E-state index in [-0.39, 0.29) is 0 Å². The summed E-state index contributed by atoms with van der Waals surface area (Å²) < 4.78 is 12.8. The molecule has 0 saturated carbocycles. The molecule has 0 aliphatic rings. The fourth-order valence-electron chi connectivity index (χ4n) is 0.902. The third-order valence-electron chi connectivity index (χ3n) is 1.83. The van der Waals surface area contributed by atoms with E-state index >= 15 is 0 Å². The van der Waals surface area contributed by atoms with Crippen LogP contribution in [0.5, 0.6) is 0 Å². The molecule has 0 aliphatic carbocycles. The molecule has 0 radical (unpaired) electrons.